The highest BCUT2D eigenvalue weighted by Gasteiger charge is 2.11. The average molecular weight is 379 g/mol. The fourth-order valence-corrected chi connectivity index (χ4v) is 3.25. The van der Waals surface area contributed by atoms with Gasteiger partial charge in [0.05, 0.1) is 24.9 Å². The molecule has 0 bridgehead atoms. The van der Waals surface area contributed by atoms with E-state index in [1.807, 2.05) is 12.1 Å². The summed E-state index contributed by atoms with van der Waals surface area (Å²) >= 11 is 5.21. The van der Waals surface area contributed by atoms with Crippen LogP contribution in [0.4, 0.5) is 5.82 Å². The van der Waals surface area contributed by atoms with Gasteiger partial charge in [0.15, 0.2) is 0 Å². The molecule has 0 fully saturated rings. The number of aromatic amines is 1. The molecule has 3 heterocycles. The van der Waals surface area contributed by atoms with Gasteiger partial charge >= 0.3 is 0 Å². The van der Waals surface area contributed by atoms with Crippen LogP contribution in [0, 0.1) is 6.92 Å². The number of nitrogens with zero attached hydrogens (tertiary/aromatic N) is 2. The van der Waals surface area contributed by atoms with E-state index >= 15 is 0 Å². The number of ether oxygens (including phenoxy) is 1. The minimum atomic E-state index is 0.562. The van der Waals surface area contributed by atoms with Gasteiger partial charge in [0, 0.05) is 26.5 Å². The van der Waals surface area contributed by atoms with Crippen LogP contribution in [0.5, 0.6) is 5.88 Å². The van der Waals surface area contributed by atoms with E-state index in [0.29, 0.717) is 5.88 Å². The molecule has 3 aromatic rings. The van der Waals surface area contributed by atoms with Gasteiger partial charge < -0.3 is 10.1 Å². The van der Waals surface area contributed by atoms with Gasteiger partial charge in [-0.3, -0.25) is 5.10 Å². The zero-order valence-corrected chi connectivity index (χ0v) is 14.6. The summed E-state index contributed by atoms with van der Waals surface area (Å²) in [6.07, 6.45) is 1.71. The van der Waals surface area contributed by atoms with Gasteiger partial charge in [-0.2, -0.15) is 5.10 Å². The number of nitrogens with one attached hydrogen (secondary N) is 2. The second kappa shape index (κ2) is 6.50. The summed E-state index contributed by atoms with van der Waals surface area (Å²) in [5, 5.41) is 10.6. The van der Waals surface area contributed by atoms with E-state index < -0.39 is 0 Å². The number of halogens is 1. The number of aromatic nitrogens is 3. The van der Waals surface area contributed by atoms with Crippen molar-refractivity contribution >= 4 is 33.1 Å². The van der Waals surface area contributed by atoms with Crippen LogP contribution >= 0.6 is 27.3 Å². The first-order chi connectivity index (χ1) is 10.7. The second-order valence-electron chi connectivity index (χ2n) is 4.74. The Morgan fingerprint density at radius 3 is 2.95 bits per heavy atom. The molecular formula is C15H15BrN4OS. The predicted molar refractivity (Wildman–Crippen MR) is 92.5 cm³/mol. The van der Waals surface area contributed by atoms with Crippen molar-refractivity contribution in [2.24, 2.45) is 0 Å². The molecule has 0 atom stereocenters. The van der Waals surface area contributed by atoms with Gasteiger partial charge in [0.1, 0.15) is 5.82 Å². The third-order valence-corrected chi connectivity index (χ3v) is 4.55. The van der Waals surface area contributed by atoms with Gasteiger partial charge in [0.2, 0.25) is 5.88 Å². The molecule has 7 heteroatoms. The molecule has 114 valence electrons. The summed E-state index contributed by atoms with van der Waals surface area (Å²) in [6.45, 7) is 2.87. The lowest BCUT2D eigenvalue weighted by Crippen LogP contribution is -1.97. The molecule has 0 radical (unpaired) electrons. The van der Waals surface area contributed by atoms with Crippen molar-refractivity contribution < 1.29 is 4.74 Å². The van der Waals surface area contributed by atoms with E-state index in [-0.39, 0.29) is 0 Å². The molecule has 0 amide bonds. The molecule has 0 saturated carbocycles. The lowest BCUT2D eigenvalue weighted by atomic mass is 10.2. The van der Waals surface area contributed by atoms with Crippen molar-refractivity contribution in [1.29, 1.82) is 0 Å². The molecule has 3 rings (SSSR count). The van der Waals surface area contributed by atoms with E-state index in [9.17, 15) is 0 Å². The topological polar surface area (TPSA) is 62.8 Å². The number of hydrogen-bond acceptors (Lipinski definition) is 5. The fraction of sp³-hybridized carbons (Fsp3) is 0.200. The monoisotopic (exact) mass is 378 g/mol. The smallest absolute Gasteiger partial charge is 0.222 e. The van der Waals surface area contributed by atoms with Crippen LogP contribution in [0.3, 0.4) is 0 Å². The Hall–Kier alpha value is -1.86. The van der Waals surface area contributed by atoms with Crippen LogP contribution in [-0.2, 0) is 6.54 Å². The second-order valence-corrected chi connectivity index (χ2v) is 7.03. The molecular weight excluding hydrogens is 364 g/mol. The number of anilines is 1. The van der Waals surface area contributed by atoms with Gasteiger partial charge in [-0.15, -0.1) is 11.3 Å². The Bertz CT molecular complexity index is 783. The summed E-state index contributed by atoms with van der Waals surface area (Å²) in [6, 6.07) is 8.15. The number of thiophene rings is 1. The number of hydrogen-bond donors (Lipinski definition) is 2. The first-order valence-electron chi connectivity index (χ1n) is 6.70. The van der Waals surface area contributed by atoms with Crippen LogP contribution < -0.4 is 10.1 Å². The van der Waals surface area contributed by atoms with Crippen molar-refractivity contribution in [3.8, 4) is 17.1 Å². The van der Waals surface area contributed by atoms with Gasteiger partial charge in [0.25, 0.3) is 0 Å². The third kappa shape index (κ3) is 3.31. The highest BCUT2D eigenvalue weighted by Crippen LogP contribution is 2.30. The lowest BCUT2D eigenvalue weighted by molar-refractivity contribution is 0.399. The largest absolute Gasteiger partial charge is 0.481 e. The number of rotatable bonds is 5. The van der Waals surface area contributed by atoms with Crippen molar-refractivity contribution in [2.75, 3.05) is 12.4 Å². The van der Waals surface area contributed by atoms with Crippen molar-refractivity contribution in [2.45, 2.75) is 13.5 Å². The van der Waals surface area contributed by atoms with Gasteiger partial charge in [-0.1, -0.05) is 0 Å². The molecule has 0 aliphatic carbocycles. The average Bonchev–Trinajstić information content (AvgIpc) is 3.14. The van der Waals surface area contributed by atoms with Crippen LogP contribution in [0.25, 0.3) is 11.3 Å². The summed E-state index contributed by atoms with van der Waals surface area (Å²) in [5.41, 5.74) is 1.72. The van der Waals surface area contributed by atoms with E-state index in [1.54, 1.807) is 24.6 Å². The van der Waals surface area contributed by atoms with Crippen LogP contribution in [0.1, 0.15) is 9.75 Å². The molecule has 3 aromatic heterocycles. The zero-order chi connectivity index (χ0) is 15.5. The van der Waals surface area contributed by atoms with Crippen LogP contribution in [0.2, 0.25) is 0 Å². The molecule has 2 N–H and O–H groups in total. The Morgan fingerprint density at radius 2 is 2.23 bits per heavy atom. The maximum absolute atomic E-state index is 5.30. The van der Waals surface area contributed by atoms with E-state index in [2.05, 4.69) is 55.5 Å². The molecule has 0 unspecified atom stereocenters. The third-order valence-electron chi connectivity index (χ3n) is 3.12. The van der Waals surface area contributed by atoms with Crippen molar-refractivity contribution in [1.82, 2.24) is 15.2 Å². The lowest BCUT2D eigenvalue weighted by Gasteiger charge is -2.05. The van der Waals surface area contributed by atoms with Crippen LogP contribution in [0.15, 0.2) is 34.9 Å². The van der Waals surface area contributed by atoms with E-state index in [4.69, 9.17) is 4.74 Å². The molecule has 5 nitrogen and oxygen atoms in total. The first-order valence-corrected chi connectivity index (χ1v) is 8.31. The Labute approximate surface area is 140 Å². The predicted octanol–water partition coefficient (Wildman–Crippen LogP) is 4.22. The maximum Gasteiger partial charge on any atom is 0.222 e. The van der Waals surface area contributed by atoms with E-state index in [0.717, 1.165) is 28.1 Å². The number of pyridine rings is 1. The summed E-state index contributed by atoms with van der Waals surface area (Å²) in [5.74, 6) is 1.36. The van der Waals surface area contributed by atoms with Gasteiger partial charge in [-0.25, -0.2) is 4.98 Å². The maximum atomic E-state index is 5.30. The zero-order valence-electron chi connectivity index (χ0n) is 12.2. The Balaban J connectivity index is 1.77. The first kappa shape index (κ1) is 15.1. The molecule has 0 aliphatic heterocycles. The highest BCUT2D eigenvalue weighted by atomic mass is 79.9. The van der Waals surface area contributed by atoms with E-state index in [1.165, 1.54) is 9.75 Å². The molecule has 0 saturated heterocycles. The highest BCUT2D eigenvalue weighted by molar-refractivity contribution is 9.10. The number of H-pyrrole nitrogens is 1. The Morgan fingerprint density at radius 1 is 1.36 bits per heavy atom. The molecule has 0 aromatic carbocycles. The number of aryl methyl sites for hydroxylation is 1. The standard InChI is InChI=1S/C15H15BrN4OS/c1-9-3-4-11(22-9)8-17-14-6-13(19-20-14)12-5-10(16)7-18-15(12)21-2/h3-7H,8H2,1-2H3,(H2,17,19,20). The minimum absolute atomic E-state index is 0.562. The SMILES string of the molecule is COc1ncc(Br)cc1-c1cc(NCc2ccc(C)s2)n[nH]1. The van der Waals surface area contributed by atoms with Gasteiger partial charge in [-0.05, 0) is 41.1 Å². The van der Waals surface area contributed by atoms with Crippen LogP contribution in [-0.4, -0.2) is 22.3 Å². The Kier molecular flexibility index (Phi) is 4.44. The quantitative estimate of drug-likeness (QED) is 0.697. The summed E-state index contributed by atoms with van der Waals surface area (Å²) < 4.78 is 6.19. The fourth-order valence-electron chi connectivity index (χ4n) is 2.09. The molecule has 22 heavy (non-hydrogen) atoms. The van der Waals surface area contributed by atoms with Crippen molar-refractivity contribution in [3.63, 3.8) is 0 Å². The molecule has 0 aliphatic rings. The number of methoxy groups -OCH3 is 1. The summed E-state index contributed by atoms with van der Waals surface area (Å²) in [7, 11) is 1.61. The minimum Gasteiger partial charge on any atom is -0.481 e. The normalized spacial score (nSPS) is 10.7. The molecule has 0 spiro atoms. The van der Waals surface area contributed by atoms with Crippen molar-refractivity contribution in [3.05, 3.63) is 44.7 Å². The summed E-state index contributed by atoms with van der Waals surface area (Å²) in [4.78, 5) is 6.83.